The molecule has 580 valence electrons. The number of nitrogens with one attached hydrogen (secondary N) is 1. The molecule has 4 aliphatic rings. The fourth-order valence-corrected chi connectivity index (χ4v) is 15.8. The Morgan fingerprint density at radius 2 is 0.891 bits per heavy atom. The molecule has 0 bridgehead atoms. The Kier molecular flexibility index (Phi) is 24.8. The van der Waals surface area contributed by atoms with Crippen molar-refractivity contribution in [2.45, 2.75) is 149 Å². The van der Waals surface area contributed by atoms with Gasteiger partial charge in [0.05, 0.1) is 80.2 Å². The summed E-state index contributed by atoms with van der Waals surface area (Å²) in [6.45, 7) is 14.0. The van der Waals surface area contributed by atoms with E-state index in [9.17, 15) is 69.9 Å². The number of fused-ring (bicyclic) bond motifs is 3. The molecular weight excluding hydrogens is 1630 g/mol. The van der Waals surface area contributed by atoms with Crippen molar-refractivity contribution in [3.8, 4) is 39.3 Å². The molecule has 0 amide bonds. The largest absolute Gasteiger partial charge is 0.495 e. The van der Waals surface area contributed by atoms with Crippen LogP contribution in [0.1, 0.15) is 126 Å². The Morgan fingerprint density at radius 1 is 0.482 bits per heavy atom. The van der Waals surface area contributed by atoms with Crippen molar-refractivity contribution in [1.82, 2.24) is 37.9 Å². The molecule has 2 aliphatic carbocycles. The molecule has 13 nitrogen and oxygen atoms in total. The van der Waals surface area contributed by atoms with Gasteiger partial charge in [-0.15, -0.1) is 0 Å². The zero-order valence-electron chi connectivity index (χ0n) is 60.1. The first-order valence-corrected chi connectivity index (χ1v) is 38.4. The lowest BCUT2D eigenvalue weighted by molar-refractivity contribution is -0.138. The number of nitrogens with zero attached hydrogens (tertiary/aromatic N) is 8. The number of benzene rings is 7. The predicted octanol–water partition coefficient (Wildman–Crippen LogP) is 21.4. The van der Waals surface area contributed by atoms with Gasteiger partial charge in [0.1, 0.15) is 5.82 Å². The van der Waals surface area contributed by atoms with Crippen LogP contribution in [0.5, 0.6) is 0 Å². The number of anilines is 1. The summed E-state index contributed by atoms with van der Waals surface area (Å²) < 4.78 is 227. The molecule has 2 aliphatic heterocycles. The van der Waals surface area contributed by atoms with Crippen LogP contribution in [-0.2, 0) is 82.9 Å². The number of rotatable bonds is 9. The van der Waals surface area contributed by atoms with Crippen molar-refractivity contribution in [3.63, 3.8) is 0 Å². The van der Waals surface area contributed by atoms with Gasteiger partial charge in [-0.05, 0) is 249 Å². The third-order valence-electron chi connectivity index (χ3n) is 19.6. The number of aromatic nitrogens is 7. The Labute approximate surface area is 647 Å². The number of thiazole rings is 1. The number of alkyl halides is 12. The van der Waals surface area contributed by atoms with Gasteiger partial charge in [-0.3, -0.25) is 0 Å². The van der Waals surface area contributed by atoms with Crippen LogP contribution in [0, 0.1) is 31.7 Å². The molecule has 110 heavy (non-hydrogen) atoms. The van der Waals surface area contributed by atoms with E-state index >= 15 is 0 Å². The highest BCUT2D eigenvalue weighted by Crippen LogP contribution is 2.43. The fraction of sp³-hybridized carbons (Fsp3) is 0.308. The second kappa shape index (κ2) is 33.0. The van der Waals surface area contributed by atoms with Crippen molar-refractivity contribution >= 4 is 71.1 Å². The van der Waals surface area contributed by atoms with Gasteiger partial charge < -0.3 is 23.0 Å². The Balaban J connectivity index is 0.000000143. The highest BCUT2D eigenvalue weighted by Gasteiger charge is 2.52. The van der Waals surface area contributed by atoms with Crippen LogP contribution in [-0.4, -0.2) is 71.2 Å². The summed E-state index contributed by atoms with van der Waals surface area (Å²) in [6, 6.07) is 31.5. The lowest BCUT2D eigenvalue weighted by Crippen LogP contribution is -2.41. The van der Waals surface area contributed by atoms with Crippen LogP contribution in [0.15, 0.2) is 180 Å². The molecule has 1 fully saturated rings. The highest BCUT2D eigenvalue weighted by atomic mass is 79.9. The molecule has 1 N–H and O–H groups in total. The molecule has 1 saturated heterocycles. The topological polar surface area (TPSA) is 134 Å². The number of hydrogen-bond donors (Lipinski definition) is 1. The van der Waals surface area contributed by atoms with Gasteiger partial charge in [0.2, 0.25) is 0 Å². The maximum absolute atomic E-state index is 13.5. The summed E-state index contributed by atoms with van der Waals surface area (Å²) in [4.78, 5) is 15.7. The second-order valence-electron chi connectivity index (χ2n) is 27.5. The smallest absolute Gasteiger partial charge is 0.399 e. The van der Waals surface area contributed by atoms with Crippen LogP contribution in [0.3, 0.4) is 0 Å². The molecular formula is C78H72BBr2F14N9O4S2. The minimum Gasteiger partial charge on any atom is -0.399 e. The zero-order chi connectivity index (χ0) is 79.6. The third-order valence-corrected chi connectivity index (χ3v) is 23.2. The van der Waals surface area contributed by atoms with Crippen LogP contribution in [0.4, 0.5) is 66.6 Å². The molecule has 4 aromatic heterocycles. The first-order chi connectivity index (χ1) is 51.7. The quantitative estimate of drug-likeness (QED) is 0.112. The predicted molar refractivity (Wildman–Crippen MR) is 402 cm³/mol. The van der Waals surface area contributed by atoms with Crippen LogP contribution in [0.2, 0.25) is 0 Å². The Morgan fingerprint density at radius 3 is 1.35 bits per heavy atom. The summed E-state index contributed by atoms with van der Waals surface area (Å²) in [5.74, 6) is -0.912. The van der Waals surface area contributed by atoms with Gasteiger partial charge in [-0.2, -0.15) is 69.8 Å². The summed E-state index contributed by atoms with van der Waals surface area (Å²) >= 11 is 6.58. The SMILES string of the molecule is CC1(C)OB(c2cccc3c2CCCC3)OC1(C)C.Cc1cncn1-c1cc(C(F)(F)F)ccc1-c1cccc2c1CCCC2.Cc1cncn1-c1cc(C(F)(F)F)ccc1-c1cccc2c1CCN(S(=O)(=O)Nc1ncc(F)s1)C2.Cc1cncn1-c1cc(C(F)(F)F)ccc1Br.Fc1cc(C(F)(F)F)ccc1Br. The average molecular weight is 1700 g/mol. The van der Waals surface area contributed by atoms with Gasteiger partial charge in [0.25, 0.3) is 0 Å². The third kappa shape index (κ3) is 19.0. The Bertz CT molecular complexity index is 5230. The van der Waals surface area contributed by atoms with Crippen LogP contribution < -0.4 is 10.2 Å². The van der Waals surface area contributed by atoms with Gasteiger partial charge in [-0.25, -0.2) is 29.0 Å². The van der Waals surface area contributed by atoms with Gasteiger partial charge >= 0.3 is 42.0 Å². The Hall–Kier alpha value is -8.53. The highest BCUT2D eigenvalue weighted by molar-refractivity contribution is 9.10. The molecule has 11 aromatic rings. The van der Waals surface area contributed by atoms with Gasteiger partial charge in [0.15, 0.2) is 10.3 Å². The lowest BCUT2D eigenvalue weighted by atomic mass is 9.72. The summed E-state index contributed by atoms with van der Waals surface area (Å²) in [7, 11) is -4.20. The first-order valence-electron chi connectivity index (χ1n) is 34.6. The van der Waals surface area contributed by atoms with Gasteiger partial charge in [0, 0.05) is 64.4 Å². The van der Waals surface area contributed by atoms with E-state index in [1.807, 2.05) is 25.1 Å². The number of halogens is 16. The summed E-state index contributed by atoms with van der Waals surface area (Å²) in [6.07, 6.45) is 2.10. The normalized spacial score (nSPS) is 15.5. The monoisotopic (exact) mass is 1700 g/mol. The standard InChI is InChI=1S/C23H19F4N5O2S2.C21H19F3N2.C16H23BO2.C11H8BrF3N2.C7H3BrF4/c1-14-10-28-13-32(14)20-9-16(23(25,26)27)5-6-19(20)18-4-2-3-15-12-31(8-7-17(15)18)36(33,34)30-22-29-11-21(24)35-22;1-14-12-25-13-26(14)20-11-16(21(22,23)24)9-10-19(20)18-8-4-6-15-5-2-3-7-17(15)18;1-15(2)16(3,4)19-17(18-15)14-11-7-9-12-8-5-6-10-13(12)14;1-7-5-16-6-17(7)10-4-8(11(13,14)15)2-3-9(10)12;8-5-2-1-4(3-6(5)9)7(10,11)12/h2-6,9-11,13H,7-8,12H2,1H3,(H,29,30);4,6,8-13H,2-3,5,7H2,1H3;7,9,11H,5-6,8,10H2,1-4H3;2-6H,1H3;1-3H. The number of aryl methyl sites for hydroxylation is 5. The molecule has 0 saturated carbocycles. The van der Waals surface area contributed by atoms with E-state index in [0.717, 1.165) is 114 Å². The maximum Gasteiger partial charge on any atom is 0.495 e. The molecule has 0 atom stereocenters. The van der Waals surface area contributed by atoms with Gasteiger partial charge in [-0.1, -0.05) is 78.1 Å². The molecule has 32 heteroatoms. The number of hydrogen-bond acceptors (Lipinski definition) is 9. The van der Waals surface area contributed by atoms with E-state index in [4.69, 9.17) is 9.31 Å². The molecule has 0 radical (unpaired) electrons. The summed E-state index contributed by atoms with van der Waals surface area (Å²) in [5.41, 5.74) is 11.4. The molecule has 7 aromatic carbocycles. The number of imidazole rings is 3. The van der Waals surface area contributed by atoms with E-state index < -0.39 is 68.1 Å². The second-order valence-corrected chi connectivity index (χ2v) is 31.9. The molecule has 0 unspecified atom stereocenters. The van der Waals surface area contributed by atoms with E-state index in [1.165, 1.54) is 88.2 Å². The van der Waals surface area contributed by atoms with Crippen molar-refractivity contribution in [2.24, 2.45) is 0 Å². The maximum atomic E-state index is 13.5. The molecule has 0 spiro atoms. The van der Waals surface area contributed by atoms with E-state index in [2.05, 4.69) is 108 Å². The van der Waals surface area contributed by atoms with Crippen LogP contribution >= 0.6 is 43.2 Å². The fourth-order valence-electron chi connectivity index (χ4n) is 13.2. The average Bonchev–Trinajstić information content (AvgIpc) is 1.11. The van der Waals surface area contributed by atoms with E-state index in [0.29, 0.717) is 56.6 Å². The molecule has 6 heterocycles. The minimum absolute atomic E-state index is 0.0236. The van der Waals surface area contributed by atoms with Crippen molar-refractivity contribution < 1.29 is 79.2 Å². The van der Waals surface area contributed by atoms with Crippen molar-refractivity contribution in [1.29, 1.82) is 0 Å². The van der Waals surface area contributed by atoms with Crippen molar-refractivity contribution in [3.05, 3.63) is 264 Å². The zero-order valence-corrected chi connectivity index (χ0v) is 64.9. The van der Waals surface area contributed by atoms with E-state index in [1.54, 1.807) is 70.7 Å². The summed E-state index contributed by atoms with van der Waals surface area (Å²) in [5, 5.41) is -0.682. The minimum atomic E-state index is -4.51. The van der Waals surface area contributed by atoms with E-state index in [-0.39, 0.29) is 41.0 Å². The first kappa shape index (κ1) is 82.4. The lowest BCUT2D eigenvalue weighted by Gasteiger charge is -2.32. The molecule has 15 rings (SSSR count). The van der Waals surface area contributed by atoms with Crippen molar-refractivity contribution in [2.75, 3.05) is 11.3 Å². The van der Waals surface area contributed by atoms with Crippen LogP contribution in [0.25, 0.3) is 39.3 Å².